The molecular weight excluding hydrogens is 500 g/mol. The topological polar surface area (TPSA) is 68.8 Å². The van der Waals surface area contributed by atoms with Crippen molar-refractivity contribution in [2.75, 3.05) is 23.8 Å². The zero-order valence-corrected chi connectivity index (χ0v) is 23.1. The van der Waals surface area contributed by atoms with E-state index in [1.165, 1.54) is 0 Å². The van der Waals surface area contributed by atoms with Gasteiger partial charge in [0.05, 0.1) is 5.56 Å². The van der Waals surface area contributed by atoms with Crippen molar-refractivity contribution < 1.29 is 19.0 Å². The van der Waals surface area contributed by atoms with E-state index in [0.29, 0.717) is 17.1 Å². The van der Waals surface area contributed by atoms with Gasteiger partial charge in [0, 0.05) is 59.1 Å². The van der Waals surface area contributed by atoms with Crippen molar-refractivity contribution in [3.8, 4) is 11.5 Å². The molecule has 2 atom stereocenters. The number of anilines is 3. The van der Waals surface area contributed by atoms with Crippen LogP contribution in [-0.4, -0.2) is 25.2 Å². The van der Waals surface area contributed by atoms with Crippen molar-refractivity contribution >= 4 is 23.0 Å². The second-order valence-electron chi connectivity index (χ2n) is 10.5. The second-order valence-corrected chi connectivity index (χ2v) is 10.5. The van der Waals surface area contributed by atoms with Crippen LogP contribution < -0.4 is 15.4 Å². The lowest BCUT2D eigenvalue weighted by Gasteiger charge is -2.37. The number of rotatable bonds is 9. The highest BCUT2D eigenvalue weighted by atomic mass is 16.6. The number of hydrogen-bond donors (Lipinski definition) is 2. The van der Waals surface area contributed by atoms with Gasteiger partial charge in [0.2, 0.25) is 0 Å². The van der Waals surface area contributed by atoms with Crippen molar-refractivity contribution in [1.29, 1.82) is 0 Å². The third-order valence-electron chi connectivity index (χ3n) is 7.65. The highest BCUT2D eigenvalue weighted by molar-refractivity contribution is 5.97. The third kappa shape index (κ3) is 4.58. The van der Waals surface area contributed by atoms with Crippen molar-refractivity contribution in [3.63, 3.8) is 0 Å². The Morgan fingerprint density at radius 3 is 2.48 bits per heavy atom. The summed E-state index contributed by atoms with van der Waals surface area (Å²) >= 11 is 0. The molecule has 40 heavy (non-hydrogen) atoms. The van der Waals surface area contributed by atoms with Gasteiger partial charge in [-0.3, -0.25) is 0 Å². The zero-order chi connectivity index (χ0) is 27.7. The quantitative estimate of drug-likeness (QED) is 0.168. The molecule has 0 unspecified atom stereocenters. The van der Waals surface area contributed by atoms with Crippen LogP contribution in [0.4, 0.5) is 17.1 Å². The van der Waals surface area contributed by atoms with E-state index >= 15 is 0 Å². The number of aryl methyl sites for hydroxylation is 1. The Morgan fingerprint density at radius 2 is 1.65 bits per heavy atom. The molecule has 4 aromatic carbocycles. The van der Waals surface area contributed by atoms with E-state index in [1.807, 2.05) is 92.7 Å². The molecule has 204 valence electrons. The molecule has 2 N–H and O–H groups in total. The molecule has 0 fully saturated rings. The molecule has 0 amide bonds. The third-order valence-corrected chi connectivity index (χ3v) is 7.65. The smallest absolute Gasteiger partial charge is 0.340 e. The van der Waals surface area contributed by atoms with Gasteiger partial charge in [-0.15, -0.1) is 0 Å². The molecule has 6 heteroatoms. The Morgan fingerprint density at radius 1 is 0.875 bits per heavy atom. The molecule has 1 spiro atoms. The summed E-state index contributed by atoms with van der Waals surface area (Å²) in [6, 6.07) is 28.1. The van der Waals surface area contributed by atoms with Crippen molar-refractivity contribution in [3.05, 3.63) is 113 Å². The molecule has 0 saturated carbocycles. The predicted octanol–water partition coefficient (Wildman–Crippen LogP) is 7.92. The molecule has 0 radical (unpaired) electrons. The number of fused-ring (bicyclic) bond motifs is 6. The van der Waals surface area contributed by atoms with E-state index in [4.69, 9.17) is 14.2 Å². The minimum atomic E-state index is -1.11. The van der Waals surface area contributed by atoms with Gasteiger partial charge in [-0.05, 0) is 81.6 Å². The molecule has 0 aromatic heterocycles. The molecule has 0 aliphatic carbocycles. The number of para-hydroxylation sites is 1. The van der Waals surface area contributed by atoms with Crippen LogP contribution >= 0.6 is 0 Å². The minimum Gasteiger partial charge on any atom is -0.456 e. The first-order valence-corrected chi connectivity index (χ1v) is 14.0. The Balaban J connectivity index is 1.42. The predicted molar refractivity (Wildman–Crippen MR) is 158 cm³/mol. The Hall–Kier alpha value is -4.29. The molecule has 2 aliphatic rings. The summed E-state index contributed by atoms with van der Waals surface area (Å²) in [5.41, 5.74) is 5.78. The van der Waals surface area contributed by atoms with Crippen LogP contribution in [0.15, 0.2) is 84.9 Å². The van der Waals surface area contributed by atoms with Gasteiger partial charge >= 0.3 is 5.97 Å². The summed E-state index contributed by atoms with van der Waals surface area (Å²) in [4.78, 5) is 13.3. The summed E-state index contributed by atoms with van der Waals surface area (Å²) in [5, 5.41) is 7.12. The van der Waals surface area contributed by atoms with Gasteiger partial charge in [0.1, 0.15) is 11.5 Å². The summed E-state index contributed by atoms with van der Waals surface area (Å²) in [6.45, 7) is 7.74. The number of hydrogen-bond acceptors (Lipinski definition) is 6. The molecule has 2 heterocycles. The molecule has 2 aliphatic heterocycles. The highest BCUT2D eigenvalue weighted by Gasteiger charge is 2.53. The van der Waals surface area contributed by atoms with Crippen LogP contribution in [0.2, 0.25) is 0 Å². The van der Waals surface area contributed by atoms with E-state index in [-0.39, 0.29) is 12.0 Å². The van der Waals surface area contributed by atoms with Crippen molar-refractivity contribution in [2.24, 2.45) is 0 Å². The molecule has 0 saturated heterocycles. The maximum Gasteiger partial charge on any atom is 0.340 e. The van der Waals surface area contributed by atoms with Gasteiger partial charge in [-0.2, -0.15) is 0 Å². The Labute approximate surface area is 235 Å². The summed E-state index contributed by atoms with van der Waals surface area (Å²) in [7, 11) is 0. The number of carbonyl (C=O) groups excluding carboxylic acids is 1. The first-order chi connectivity index (χ1) is 19.5. The summed E-state index contributed by atoms with van der Waals surface area (Å²) in [5.74, 6) is 1.01. The summed E-state index contributed by atoms with van der Waals surface area (Å²) < 4.78 is 18.4. The average molecular weight is 535 g/mol. The van der Waals surface area contributed by atoms with Crippen molar-refractivity contribution in [2.45, 2.75) is 45.3 Å². The molecule has 6 nitrogen and oxygen atoms in total. The molecule has 6 rings (SSSR count). The standard InChI is InChI=1S/C34H34N2O4/c1-4-38-18-10-11-23(3)35-25-16-17-28-32(20-25)39-31-19-22(2)30(36-24-12-6-5-7-13-24)21-29(31)34(28)27-15-9-8-14-26(27)33(37)40-34/h5-9,12-17,19-21,23,35-36H,4,10-11,18H2,1-3H3/t23-,34+/m0/s1. The minimum absolute atomic E-state index is 0.266. The van der Waals surface area contributed by atoms with Gasteiger partial charge in [-0.1, -0.05) is 36.4 Å². The summed E-state index contributed by atoms with van der Waals surface area (Å²) in [6.07, 6.45) is 1.98. The second kappa shape index (κ2) is 10.7. The normalized spacial score (nSPS) is 17.3. The Kier molecular flexibility index (Phi) is 6.95. The average Bonchev–Trinajstić information content (AvgIpc) is 3.25. The van der Waals surface area contributed by atoms with Gasteiger partial charge in [0.25, 0.3) is 0 Å². The fraction of sp³-hybridized carbons (Fsp3) is 0.265. The first-order valence-electron chi connectivity index (χ1n) is 14.0. The van der Waals surface area contributed by atoms with Crippen molar-refractivity contribution in [1.82, 2.24) is 0 Å². The SMILES string of the molecule is CCOCCC[C@H](C)Nc1ccc2c(c1)Oc1cc(C)c(Nc3ccccc3)cc1[C@]21OC(=O)c2ccccc21. The monoisotopic (exact) mass is 534 g/mol. The number of esters is 1. The lowest BCUT2D eigenvalue weighted by molar-refractivity contribution is 0.0224. The zero-order valence-electron chi connectivity index (χ0n) is 23.1. The van der Waals surface area contributed by atoms with Crippen LogP contribution in [0.3, 0.4) is 0 Å². The van der Waals surface area contributed by atoms with E-state index < -0.39 is 5.60 Å². The highest BCUT2D eigenvalue weighted by Crippen LogP contribution is 2.57. The largest absolute Gasteiger partial charge is 0.456 e. The fourth-order valence-electron chi connectivity index (χ4n) is 5.71. The molecular formula is C34H34N2O4. The van der Waals surface area contributed by atoms with Gasteiger partial charge in [-0.25, -0.2) is 4.79 Å². The van der Waals surface area contributed by atoms with Gasteiger partial charge < -0.3 is 24.8 Å². The van der Waals surface area contributed by atoms with Crippen LogP contribution in [0.5, 0.6) is 11.5 Å². The van der Waals surface area contributed by atoms with Crippen LogP contribution in [0.1, 0.15) is 59.3 Å². The van der Waals surface area contributed by atoms with E-state index in [2.05, 4.69) is 23.6 Å². The van der Waals surface area contributed by atoms with Crippen LogP contribution in [0.25, 0.3) is 0 Å². The number of carbonyl (C=O) groups is 1. The number of ether oxygens (including phenoxy) is 3. The lowest BCUT2D eigenvalue weighted by Crippen LogP contribution is -2.33. The van der Waals surface area contributed by atoms with Crippen LogP contribution in [0, 0.1) is 6.92 Å². The molecule has 0 bridgehead atoms. The number of nitrogens with one attached hydrogen (secondary N) is 2. The lowest BCUT2D eigenvalue weighted by atomic mass is 9.77. The van der Waals surface area contributed by atoms with E-state index in [0.717, 1.165) is 65.4 Å². The van der Waals surface area contributed by atoms with E-state index in [1.54, 1.807) is 0 Å². The first kappa shape index (κ1) is 26.0. The maximum absolute atomic E-state index is 13.3. The Bertz CT molecular complexity index is 1550. The number of benzene rings is 4. The fourth-order valence-corrected chi connectivity index (χ4v) is 5.71. The van der Waals surface area contributed by atoms with Crippen LogP contribution in [-0.2, 0) is 15.1 Å². The van der Waals surface area contributed by atoms with Gasteiger partial charge in [0.15, 0.2) is 5.60 Å². The molecule has 4 aromatic rings. The maximum atomic E-state index is 13.3. The van der Waals surface area contributed by atoms with E-state index in [9.17, 15) is 4.79 Å².